The van der Waals surface area contributed by atoms with Gasteiger partial charge in [-0.1, -0.05) is 18.3 Å². The Labute approximate surface area is 140 Å². The lowest BCUT2D eigenvalue weighted by molar-refractivity contribution is -0.0518. The van der Waals surface area contributed by atoms with Gasteiger partial charge < -0.3 is 30.5 Å². The molecule has 1 saturated heterocycles. The van der Waals surface area contributed by atoms with Crippen LogP contribution < -0.4 is 15.3 Å². The Kier molecular flexibility index (Phi) is 4.69. The van der Waals surface area contributed by atoms with Crippen LogP contribution in [-0.4, -0.2) is 61.4 Å². The van der Waals surface area contributed by atoms with Crippen molar-refractivity contribution >= 4 is 27.6 Å². The number of aliphatic hydroxyl groups excluding tert-OH is 3. The Hall–Kier alpha value is -1.79. The highest BCUT2D eigenvalue weighted by molar-refractivity contribution is 7.16. The lowest BCUT2D eigenvalue weighted by atomic mass is 10.1. The van der Waals surface area contributed by atoms with Crippen molar-refractivity contribution in [2.45, 2.75) is 37.9 Å². The van der Waals surface area contributed by atoms with E-state index in [1.807, 2.05) is 6.92 Å². The Morgan fingerprint density at radius 3 is 2.75 bits per heavy atom. The summed E-state index contributed by atoms with van der Waals surface area (Å²) in [5.41, 5.74) is 5.83. The molecule has 3 rings (SSSR count). The maximum atomic E-state index is 12.4. The lowest BCUT2D eigenvalue weighted by Gasteiger charge is -2.16. The van der Waals surface area contributed by atoms with Crippen molar-refractivity contribution in [2.24, 2.45) is 0 Å². The average molecular weight is 358 g/mol. The highest BCUT2D eigenvalue weighted by Crippen LogP contribution is 2.34. The van der Waals surface area contributed by atoms with Gasteiger partial charge in [-0.25, -0.2) is 0 Å². The molecule has 10 nitrogen and oxygen atoms in total. The summed E-state index contributed by atoms with van der Waals surface area (Å²) >= 11 is 0.830. The van der Waals surface area contributed by atoms with E-state index in [4.69, 9.17) is 15.2 Å². The fraction of sp³-hybridized carbons (Fsp3) is 0.615. The Morgan fingerprint density at radius 2 is 2.12 bits per heavy atom. The number of ether oxygens (including phenoxy) is 2. The van der Waals surface area contributed by atoms with Crippen LogP contribution in [0.2, 0.25) is 0 Å². The fourth-order valence-electron chi connectivity index (χ4n) is 2.52. The van der Waals surface area contributed by atoms with Gasteiger partial charge in [-0.3, -0.25) is 9.36 Å². The summed E-state index contributed by atoms with van der Waals surface area (Å²) in [5, 5.41) is 29.2. The lowest BCUT2D eigenvalue weighted by Crippen LogP contribution is -2.34. The van der Waals surface area contributed by atoms with Gasteiger partial charge in [0.2, 0.25) is 11.8 Å². The van der Waals surface area contributed by atoms with Gasteiger partial charge in [-0.2, -0.15) is 9.97 Å². The number of rotatable bonds is 5. The zero-order valence-electron chi connectivity index (χ0n) is 12.8. The summed E-state index contributed by atoms with van der Waals surface area (Å²) in [6.45, 7) is 1.83. The van der Waals surface area contributed by atoms with E-state index in [1.54, 1.807) is 0 Å². The van der Waals surface area contributed by atoms with Gasteiger partial charge in [0.05, 0.1) is 13.2 Å². The van der Waals surface area contributed by atoms with E-state index in [-0.39, 0.29) is 17.5 Å². The van der Waals surface area contributed by atoms with Gasteiger partial charge in [-0.05, 0) is 6.42 Å². The number of nitrogens with two attached hydrogens (primary N) is 1. The van der Waals surface area contributed by atoms with Crippen LogP contribution in [0.1, 0.15) is 19.6 Å². The van der Waals surface area contributed by atoms with Crippen molar-refractivity contribution in [3.63, 3.8) is 0 Å². The zero-order chi connectivity index (χ0) is 17.4. The van der Waals surface area contributed by atoms with Crippen LogP contribution in [0.3, 0.4) is 0 Å². The monoisotopic (exact) mass is 358 g/mol. The second-order valence-electron chi connectivity index (χ2n) is 5.35. The smallest absolute Gasteiger partial charge is 0.311 e. The third-order valence-electron chi connectivity index (χ3n) is 3.66. The second kappa shape index (κ2) is 6.61. The number of fused-ring (bicyclic) bond motifs is 1. The third kappa shape index (κ3) is 2.74. The van der Waals surface area contributed by atoms with E-state index in [9.17, 15) is 20.1 Å². The van der Waals surface area contributed by atoms with Crippen molar-refractivity contribution in [1.29, 1.82) is 0 Å². The molecular weight excluding hydrogens is 340 g/mol. The van der Waals surface area contributed by atoms with Gasteiger partial charge in [0.25, 0.3) is 0 Å². The molecule has 132 valence electrons. The molecule has 0 saturated carbocycles. The maximum Gasteiger partial charge on any atom is 0.311 e. The van der Waals surface area contributed by atoms with Crippen molar-refractivity contribution < 1.29 is 24.8 Å². The predicted octanol–water partition coefficient (Wildman–Crippen LogP) is -1.16. The molecule has 3 heterocycles. The van der Waals surface area contributed by atoms with E-state index < -0.39 is 36.0 Å². The number of nitrogen functional groups attached to an aromatic ring is 1. The summed E-state index contributed by atoms with van der Waals surface area (Å²) in [7, 11) is 0. The van der Waals surface area contributed by atoms with E-state index in [0.29, 0.717) is 11.3 Å². The first-order valence-electron chi connectivity index (χ1n) is 7.41. The number of hydrogen-bond donors (Lipinski definition) is 4. The van der Waals surface area contributed by atoms with E-state index >= 15 is 0 Å². The molecule has 2 aromatic heterocycles. The molecule has 0 aromatic carbocycles. The minimum Gasteiger partial charge on any atom is -0.476 e. The molecule has 0 unspecified atom stereocenters. The zero-order valence-corrected chi connectivity index (χ0v) is 13.6. The minimum atomic E-state index is -1.39. The number of hydrogen-bond acceptors (Lipinski definition) is 10. The molecule has 24 heavy (non-hydrogen) atoms. The molecule has 2 aromatic rings. The van der Waals surface area contributed by atoms with Crippen molar-refractivity contribution in [3.8, 4) is 5.88 Å². The molecule has 1 aliphatic heterocycles. The molecule has 5 N–H and O–H groups in total. The molecule has 1 fully saturated rings. The Bertz CT molecular complexity index is 793. The normalized spacial score (nSPS) is 27.0. The summed E-state index contributed by atoms with van der Waals surface area (Å²) in [6, 6.07) is 0. The average Bonchev–Trinajstić information content (AvgIpc) is 3.02. The number of thiazole rings is 1. The highest BCUT2D eigenvalue weighted by atomic mass is 32.1. The molecule has 0 radical (unpaired) electrons. The van der Waals surface area contributed by atoms with Crippen molar-refractivity contribution in [1.82, 2.24) is 14.5 Å². The second-order valence-corrected chi connectivity index (χ2v) is 6.32. The van der Waals surface area contributed by atoms with Gasteiger partial charge in [0, 0.05) is 0 Å². The van der Waals surface area contributed by atoms with Gasteiger partial charge in [-0.15, -0.1) is 0 Å². The standard InChI is InChI=1S/C13H18N4O6S/c1-2-3-22-10-8-9(15-12(14)16-10)17(13(21)24-8)11-7(20)6(19)5(4-18)23-11/h5-7,11,18-20H,2-4H2,1H3,(H2,14,15,16)/t5-,6-,7-,11-/m1/s1. The minimum absolute atomic E-state index is 0.0908. The number of anilines is 1. The SMILES string of the molecule is CCCOc1nc(N)nc2c1sc(=O)n2[C@@H]1O[C@H](CO)[C@@H](O)[C@H]1O. The molecule has 0 spiro atoms. The molecular formula is C13H18N4O6S. The van der Waals surface area contributed by atoms with Crippen molar-refractivity contribution in [3.05, 3.63) is 9.67 Å². The fourth-order valence-corrected chi connectivity index (χ4v) is 3.42. The van der Waals surface area contributed by atoms with Crippen LogP contribution >= 0.6 is 11.3 Å². The van der Waals surface area contributed by atoms with Crippen LogP contribution in [0, 0.1) is 0 Å². The maximum absolute atomic E-state index is 12.4. The quantitative estimate of drug-likeness (QED) is 0.518. The van der Waals surface area contributed by atoms with Gasteiger partial charge >= 0.3 is 4.87 Å². The highest BCUT2D eigenvalue weighted by Gasteiger charge is 2.45. The Morgan fingerprint density at radius 1 is 1.38 bits per heavy atom. The summed E-state index contributed by atoms with van der Waals surface area (Å²) in [4.78, 5) is 20.0. The number of aromatic nitrogens is 3. The van der Waals surface area contributed by atoms with Crippen LogP contribution in [0.5, 0.6) is 5.88 Å². The molecule has 1 aliphatic rings. The van der Waals surface area contributed by atoms with Crippen LogP contribution in [0.25, 0.3) is 10.3 Å². The van der Waals surface area contributed by atoms with Gasteiger partial charge in [0.1, 0.15) is 23.0 Å². The summed E-state index contributed by atoms with van der Waals surface area (Å²) < 4.78 is 12.4. The number of nitrogens with zero attached hydrogens (tertiary/aromatic N) is 3. The molecule has 11 heteroatoms. The van der Waals surface area contributed by atoms with E-state index in [1.165, 1.54) is 0 Å². The first-order valence-corrected chi connectivity index (χ1v) is 8.23. The van der Waals surface area contributed by atoms with E-state index in [0.717, 1.165) is 22.3 Å². The molecule has 4 atom stereocenters. The Balaban J connectivity index is 2.11. The molecule has 0 bridgehead atoms. The molecule has 0 amide bonds. The summed E-state index contributed by atoms with van der Waals surface area (Å²) in [5.74, 6) is 0.0961. The van der Waals surface area contributed by atoms with Crippen LogP contribution in [0.4, 0.5) is 5.95 Å². The first kappa shape index (κ1) is 17.0. The predicted molar refractivity (Wildman–Crippen MR) is 84.9 cm³/mol. The summed E-state index contributed by atoms with van der Waals surface area (Å²) in [6.07, 6.45) is -4.16. The number of aliphatic hydroxyl groups is 3. The first-order chi connectivity index (χ1) is 11.5. The van der Waals surface area contributed by atoms with Crippen LogP contribution in [0.15, 0.2) is 4.79 Å². The largest absolute Gasteiger partial charge is 0.476 e. The van der Waals surface area contributed by atoms with E-state index in [2.05, 4.69) is 9.97 Å². The van der Waals surface area contributed by atoms with Crippen molar-refractivity contribution in [2.75, 3.05) is 18.9 Å². The molecule has 0 aliphatic carbocycles. The van der Waals surface area contributed by atoms with Gasteiger partial charge in [0.15, 0.2) is 11.9 Å². The topological polar surface area (TPSA) is 153 Å². The van der Waals surface area contributed by atoms with Crippen LogP contribution in [-0.2, 0) is 4.74 Å². The third-order valence-corrected chi connectivity index (χ3v) is 4.60.